The van der Waals surface area contributed by atoms with Gasteiger partial charge in [-0.3, -0.25) is 0 Å². The van der Waals surface area contributed by atoms with Crippen LogP contribution in [0.5, 0.6) is 0 Å². The molecule has 0 aliphatic carbocycles. The highest BCUT2D eigenvalue weighted by Gasteiger charge is 2.44. The topological polar surface area (TPSA) is 0 Å². The Morgan fingerprint density at radius 2 is 0.427 bits per heavy atom. The summed E-state index contributed by atoms with van der Waals surface area (Å²) < 4.78 is 0. The molecule has 0 spiro atoms. The number of hydrogen-bond acceptors (Lipinski definition) is 0. The Labute approximate surface area is 578 Å². The van der Waals surface area contributed by atoms with Gasteiger partial charge in [0.15, 0.2) is 0 Å². The predicted octanol–water partition coefficient (Wildman–Crippen LogP) is 15.6. The van der Waals surface area contributed by atoms with Crippen LogP contribution in [0.3, 0.4) is 0 Å². The summed E-state index contributed by atoms with van der Waals surface area (Å²) in [4.78, 5) is 0. The molecule has 0 amide bonds. The summed E-state index contributed by atoms with van der Waals surface area (Å²) in [7, 11) is 0. The Balaban J connectivity index is 1.20. The van der Waals surface area contributed by atoms with Crippen LogP contribution in [0, 0.1) is 83.1 Å². The molecular weight excluding hydrogens is 1150 g/mol. The van der Waals surface area contributed by atoms with Crippen molar-refractivity contribution in [2.75, 3.05) is 0 Å². The molecule has 0 N–H and O–H groups in total. The lowest BCUT2D eigenvalue weighted by atomic mass is 9.20. The van der Waals surface area contributed by atoms with Gasteiger partial charge >= 0.3 is 0 Å². The lowest BCUT2D eigenvalue weighted by Gasteiger charge is -2.36. The number of benzene rings is 12. The summed E-state index contributed by atoms with van der Waals surface area (Å²) in [5, 5.41) is 10.7. The first-order valence-electron chi connectivity index (χ1n) is 35.7. The van der Waals surface area contributed by atoms with Crippen molar-refractivity contribution < 1.29 is 0 Å². The molecule has 1 heterocycles. The Morgan fingerprint density at radius 1 is 0.219 bits per heavy atom. The maximum absolute atomic E-state index is 2.63. The summed E-state index contributed by atoms with van der Waals surface area (Å²) >= 11 is 0. The summed E-state index contributed by atoms with van der Waals surface area (Å²) in [6, 6.07) is 69.5. The van der Waals surface area contributed by atoms with Gasteiger partial charge < -0.3 is 0 Å². The van der Waals surface area contributed by atoms with E-state index in [0.29, 0.717) is 0 Å². The van der Waals surface area contributed by atoms with Crippen LogP contribution in [0.4, 0.5) is 0 Å². The summed E-state index contributed by atoms with van der Waals surface area (Å²) in [6.45, 7) is 56.4. The van der Waals surface area contributed by atoms with Crippen molar-refractivity contribution in [3.63, 3.8) is 0 Å². The largest absolute Gasteiger partial charge is 0.244 e. The number of rotatable bonds is 8. The third-order valence-corrected chi connectivity index (χ3v) is 22.4. The molecule has 480 valence electrons. The van der Waals surface area contributed by atoms with Gasteiger partial charge in [-0.05, 0) is 170 Å². The fourth-order valence-corrected chi connectivity index (χ4v) is 18.2. The molecule has 0 saturated carbocycles. The van der Waals surface area contributed by atoms with Gasteiger partial charge in [0.05, 0.1) is 0 Å². The predicted molar refractivity (Wildman–Crippen MR) is 432 cm³/mol. The van der Waals surface area contributed by atoms with Crippen LogP contribution in [-0.2, 0) is 21.7 Å². The molecule has 0 fully saturated rings. The molecule has 13 rings (SSSR count). The standard InChI is InChI=1S/C92H100B4/c1-53-41-57(5)81(58(6)42-53)95(82-59(7)43-54(2)44-60(82)8)87-71-39-35-65(89(13,14)15)49-73(71)85(69-37-33-67(51-75(69)87)91(19,20)21)93-77-29-25-27-31-79(77)94(80-32-28-26-30-78(80)93)86-70-38-34-68(92(22,23)24)52-76(70)88(72-40-36-66(50-74(72)86)90(16,17)18)96(83-61(9)45-55(3)46-62(83)10)84-63(11)47-56(4)48-64(84)12/h25-52H,1-24H3. The minimum atomic E-state index is -0.114. The molecule has 12 aromatic carbocycles. The van der Waals surface area contributed by atoms with Crippen LogP contribution in [-0.4, -0.2) is 26.9 Å². The lowest BCUT2D eigenvalue weighted by molar-refractivity contribution is 0.591. The molecule has 0 bridgehead atoms. The van der Waals surface area contributed by atoms with E-state index in [-0.39, 0.29) is 48.5 Å². The van der Waals surface area contributed by atoms with E-state index >= 15 is 0 Å². The molecule has 96 heavy (non-hydrogen) atoms. The van der Waals surface area contributed by atoms with Crippen LogP contribution in [0.15, 0.2) is 170 Å². The second kappa shape index (κ2) is 23.9. The summed E-state index contributed by atoms with van der Waals surface area (Å²) in [5.41, 5.74) is 37.7. The fourth-order valence-electron chi connectivity index (χ4n) is 18.2. The van der Waals surface area contributed by atoms with Gasteiger partial charge in [0.25, 0.3) is 0 Å². The van der Waals surface area contributed by atoms with Gasteiger partial charge in [0, 0.05) is 0 Å². The zero-order valence-electron chi connectivity index (χ0n) is 62.5. The van der Waals surface area contributed by atoms with Crippen molar-refractivity contribution in [2.24, 2.45) is 0 Å². The third kappa shape index (κ3) is 11.3. The molecular formula is C92H100B4. The lowest BCUT2D eigenvalue weighted by Crippen LogP contribution is -2.75. The van der Waals surface area contributed by atoms with Crippen molar-refractivity contribution >= 4 is 135 Å². The second-order valence-corrected chi connectivity index (χ2v) is 33.9. The Hall–Kier alpha value is -8.06. The molecule has 4 heteroatoms. The highest BCUT2D eigenvalue weighted by atomic mass is 14.3. The number of aryl methyl sites for hydroxylation is 12. The van der Waals surface area contributed by atoms with Crippen molar-refractivity contribution in [1.29, 1.82) is 0 Å². The van der Waals surface area contributed by atoms with Crippen LogP contribution in [0.1, 0.15) is 172 Å². The average Bonchev–Trinajstić information content (AvgIpc) is 0.700. The van der Waals surface area contributed by atoms with Crippen LogP contribution in [0.2, 0.25) is 0 Å². The maximum Gasteiger partial charge on any atom is 0.244 e. The van der Waals surface area contributed by atoms with E-state index in [1.807, 2.05) is 0 Å². The van der Waals surface area contributed by atoms with Gasteiger partial charge in [0.1, 0.15) is 0 Å². The first-order chi connectivity index (χ1) is 45.1. The molecule has 1 aliphatic heterocycles. The molecule has 1 aliphatic rings. The molecule has 0 atom stereocenters. The third-order valence-electron chi connectivity index (χ3n) is 22.4. The second-order valence-electron chi connectivity index (χ2n) is 33.9. The van der Waals surface area contributed by atoms with E-state index in [0.717, 1.165) is 0 Å². The number of fused-ring (bicyclic) bond motifs is 6. The first kappa shape index (κ1) is 66.5. The Kier molecular flexibility index (Phi) is 16.6. The van der Waals surface area contributed by atoms with Crippen LogP contribution >= 0.6 is 0 Å². The summed E-state index contributed by atoms with van der Waals surface area (Å²) in [6.07, 6.45) is 0. The molecule has 0 nitrogen and oxygen atoms in total. The van der Waals surface area contributed by atoms with Crippen LogP contribution in [0.25, 0.3) is 43.1 Å². The van der Waals surface area contributed by atoms with E-state index < -0.39 is 0 Å². The molecule has 12 aromatic rings. The normalized spacial score (nSPS) is 13.0. The maximum atomic E-state index is 2.63. The average molecular weight is 1250 g/mol. The number of hydrogen-bond donors (Lipinski definition) is 0. The highest BCUT2D eigenvalue weighted by Crippen LogP contribution is 2.35. The highest BCUT2D eigenvalue weighted by molar-refractivity contribution is 7.14. The smallest absolute Gasteiger partial charge is 0.0733 e. The van der Waals surface area contributed by atoms with Crippen molar-refractivity contribution in [3.05, 3.63) is 259 Å². The quantitative estimate of drug-likeness (QED) is 0.105. The molecule has 0 unspecified atom stereocenters. The van der Waals surface area contributed by atoms with E-state index in [1.54, 1.807) is 0 Å². The summed E-state index contributed by atoms with van der Waals surface area (Å²) in [5.74, 6) is 0. The van der Waals surface area contributed by atoms with Crippen LogP contribution < -0.4 is 65.6 Å². The van der Waals surface area contributed by atoms with Gasteiger partial charge in [-0.15, -0.1) is 0 Å². The SMILES string of the molecule is Cc1cc(C)c(B(c2c(C)cc(C)cc2C)c2c3ccc(C(C)(C)C)cc3c(B3c4ccccc4B(c4c5cc(C(C)(C)C)ccc5c(B(c5c(C)cc(C)cc5C)c5c(C)cc(C)cc5C)c5cc(C(C)(C)C)ccc45)c4ccccc43)c3ccc(C(C)(C)C)cc23)c(C)c1. The zero-order valence-corrected chi connectivity index (χ0v) is 62.5. The van der Waals surface area contributed by atoms with Crippen molar-refractivity contribution in [2.45, 2.75) is 188 Å². The van der Waals surface area contributed by atoms with Crippen molar-refractivity contribution in [3.8, 4) is 0 Å². The zero-order chi connectivity index (χ0) is 68.9. The van der Waals surface area contributed by atoms with Gasteiger partial charge in [-0.1, -0.05) is 385 Å². The fraction of sp³-hybridized carbons (Fsp3) is 0.304. The van der Waals surface area contributed by atoms with Gasteiger partial charge in [-0.25, -0.2) is 0 Å². The Morgan fingerprint density at radius 3 is 0.646 bits per heavy atom. The van der Waals surface area contributed by atoms with E-state index in [1.165, 1.54) is 198 Å². The van der Waals surface area contributed by atoms with E-state index in [4.69, 9.17) is 0 Å². The van der Waals surface area contributed by atoms with Crippen molar-refractivity contribution in [1.82, 2.24) is 0 Å². The van der Waals surface area contributed by atoms with E-state index in [9.17, 15) is 0 Å². The Bertz CT molecular complexity index is 4620. The van der Waals surface area contributed by atoms with Gasteiger partial charge in [-0.2, -0.15) is 0 Å². The minimum Gasteiger partial charge on any atom is -0.0733 e. The molecule has 0 aromatic heterocycles. The monoisotopic (exact) mass is 1250 g/mol. The van der Waals surface area contributed by atoms with E-state index in [2.05, 4.69) is 336 Å². The van der Waals surface area contributed by atoms with Gasteiger partial charge in [0.2, 0.25) is 26.9 Å². The molecule has 0 saturated heterocycles. The minimum absolute atomic E-state index is 0.0464. The first-order valence-corrected chi connectivity index (χ1v) is 35.7. The molecule has 0 radical (unpaired) electrons.